The molecule has 0 bridgehead atoms. The first-order valence-corrected chi connectivity index (χ1v) is 4.28. The zero-order valence-corrected chi connectivity index (χ0v) is 8.23. The van der Waals surface area contributed by atoms with Crippen molar-refractivity contribution in [2.45, 2.75) is 6.36 Å². The summed E-state index contributed by atoms with van der Waals surface area (Å²) in [5.74, 6) is -2.85. The molecule has 0 aliphatic carbocycles. The number of alkyl halides is 3. The highest BCUT2D eigenvalue weighted by atomic mass is 19.4. The van der Waals surface area contributed by atoms with E-state index in [0.717, 1.165) is 12.1 Å². The number of hydrogen-bond donors (Lipinski definition) is 2. The van der Waals surface area contributed by atoms with Crippen molar-refractivity contribution in [3.05, 3.63) is 29.8 Å². The van der Waals surface area contributed by atoms with Crippen LogP contribution in [0, 0.1) is 0 Å². The maximum Gasteiger partial charge on any atom is 0.573 e. The lowest BCUT2D eigenvalue weighted by Gasteiger charge is -2.11. The van der Waals surface area contributed by atoms with Gasteiger partial charge in [-0.3, -0.25) is 0 Å². The van der Waals surface area contributed by atoms with Gasteiger partial charge in [-0.2, -0.15) is 0 Å². The van der Waals surface area contributed by atoms with E-state index in [1.165, 1.54) is 12.1 Å². The zero-order chi connectivity index (χ0) is 13.1. The van der Waals surface area contributed by atoms with Crippen LogP contribution in [0.2, 0.25) is 0 Å². The number of phenols is 1. The Morgan fingerprint density at radius 3 is 2.53 bits per heavy atom. The highest BCUT2D eigenvalue weighted by Crippen LogP contribution is 2.34. The molecule has 0 atom stereocenters. The molecule has 0 unspecified atom stereocenters. The summed E-state index contributed by atoms with van der Waals surface area (Å²) in [5.41, 5.74) is -0.0887. The number of halogens is 3. The fourth-order valence-electron chi connectivity index (χ4n) is 1.04. The molecule has 0 spiro atoms. The Morgan fingerprint density at radius 1 is 1.35 bits per heavy atom. The van der Waals surface area contributed by atoms with E-state index in [-0.39, 0.29) is 5.56 Å². The molecule has 0 aliphatic heterocycles. The summed E-state index contributed by atoms with van der Waals surface area (Å²) in [6.45, 7) is 0. The summed E-state index contributed by atoms with van der Waals surface area (Å²) in [5, 5.41) is 17.7. The molecule has 4 nitrogen and oxygen atoms in total. The van der Waals surface area contributed by atoms with Gasteiger partial charge in [0.2, 0.25) is 0 Å². The van der Waals surface area contributed by atoms with Crippen molar-refractivity contribution in [2.24, 2.45) is 0 Å². The van der Waals surface area contributed by atoms with Crippen LogP contribution in [-0.4, -0.2) is 22.5 Å². The Balaban J connectivity index is 3.03. The number of para-hydroxylation sites is 1. The first-order valence-electron chi connectivity index (χ1n) is 4.28. The molecule has 2 N–H and O–H groups in total. The lowest BCUT2D eigenvalue weighted by Crippen LogP contribution is -2.17. The molecule has 0 radical (unpaired) electrons. The van der Waals surface area contributed by atoms with Crippen molar-refractivity contribution in [3.63, 3.8) is 0 Å². The number of ether oxygens (including phenoxy) is 1. The molecule has 0 amide bonds. The van der Waals surface area contributed by atoms with Crippen LogP contribution in [0.25, 0.3) is 6.08 Å². The minimum absolute atomic E-state index is 0.0887. The van der Waals surface area contributed by atoms with Gasteiger partial charge >= 0.3 is 12.3 Å². The van der Waals surface area contributed by atoms with E-state index < -0.39 is 23.8 Å². The number of phenolic OH excluding ortho intramolecular Hbond substituents is 1. The number of aliphatic carboxylic acids is 1. The number of carboxylic acid groups (broad SMARTS) is 1. The SMILES string of the molecule is O=C(O)C=Cc1cccc(OC(F)(F)F)c1O. The van der Waals surface area contributed by atoms with E-state index in [2.05, 4.69) is 4.74 Å². The normalized spacial score (nSPS) is 11.7. The van der Waals surface area contributed by atoms with Crippen molar-refractivity contribution in [1.82, 2.24) is 0 Å². The molecule has 0 aliphatic rings. The highest BCUT2D eigenvalue weighted by Gasteiger charge is 2.32. The molecule has 0 fully saturated rings. The summed E-state index contributed by atoms with van der Waals surface area (Å²) in [7, 11) is 0. The van der Waals surface area contributed by atoms with E-state index in [9.17, 15) is 23.1 Å². The van der Waals surface area contributed by atoms with Crippen LogP contribution >= 0.6 is 0 Å². The van der Waals surface area contributed by atoms with E-state index >= 15 is 0 Å². The fourth-order valence-corrected chi connectivity index (χ4v) is 1.04. The molecular formula is C10H7F3O4. The molecule has 0 heterocycles. The third-order valence-electron chi connectivity index (χ3n) is 1.66. The van der Waals surface area contributed by atoms with Crippen molar-refractivity contribution in [1.29, 1.82) is 0 Å². The zero-order valence-electron chi connectivity index (χ0n) is 8.23. The number of benzene rings is 1. The van der Waals surface area contributed by atoms with Gasteiger partial charge in [0.1, 0.15) is 0 Å². The third kappa shape index (κ3) is 4.06. The van der Waals surface area contributed by atoms with Crippen molar-refractivity contribution in [2.75, 3.05) is 0 Å². The Bertz CT molecular complexity index is 451. The van der Waals surface area contributed by atoms with Gasteiger partial charge in [-0.1, -0.05) is 12.1 Å². The van der Waals surface area contributed by atoms with Gasteiger partial charge in [0.05, 0.1) is 0 Å². The van der Waals surface area contributed by atoms with Crippen LogP contribution in [-0.2, 0) is 4.79 Å². The maximum absolute atomic E-state index is 11.9. The number of carboxylic acids is 1. The molecule has 92 valence electrons. The van der Waals surface area contributed by atoms with Gasteiger partial charge in [-0.15, -0.1) is 13.2 Å². The van der Waals surface area contributed by atoms with Crippen LogP contribution in [0.1, 0.15) is 5.56 Å². The number of rotatable bonds is 3. The van der Waals surface area contributed by atoms with E-state index in [1.54, 1.807) is 0 Å². The van der Waals surface area contributed by atoms with Crippen molar-refractivity contribution in [3.8, 4) is 11.5 Å². The van der Waals surface area contributed by atoms with Gasteiger partial charge in [-0.05, 0) is 12.1 Å². The van der Waals surface area contributed by atoms with E-state index in [4.69, 9.17) is 5.11 Å². The molecule has 7 heteroatoms. The molecule has 0 saturated heterocycles. The largest absolute Gasteiger partial charge is 0.573 e. The standard InChI is InChI=1S/C10H7F3O4/c11-10(12,13)17-7-3-1-2-6(9(7)16)4-5-8(14)15/h1-5,16H,(H,14,15). The predicted molar refractivity (Wildman–Crippen MR) is 51.5 cm³/mol. The lowest BCUT2D eigenvalue weighted by atomic mass is 10.1. The quantitative estimate of drug-likeness (QED) is 0.806. The molecule has 1 rings (SSSR count). The van der Waals surface area contributed by atoms with E-state index in [1.807, 2.05) is 0 Å². The van der Waals surface area contributed by atoms with Crippen molar-refractivity contribution >= 4 is 12.0 Å². The second kappa shape index (κ2) is 4.77. The van der Waals surface area contributed by atoms with Crippen LogP contribution in [0.15, 0.2) is 24.3 Å². The Labute approximate surface area is 93.6 Å². The van der Waals surface area contributed by atoms with Crippen LogP contribution in [0.4, 0.5) is 13.2 Å². The summed E-state index contributed by atoms with van der Waals surface area (Å²) in [4.78, 5) is 10.2. The summed E-state index contributed by atoms with van der Waals surface area (Å²) in [6, 6.07) is 3.36. The maximum atomic E-state index is 11.9. The van der Waals surface area contributed by atoms with Crippen LogP contribution in [0.3, 0.4) is 0 Å². The number of hydrogen-bond acceptors (Lipinski definition) is 3. The fraction of sp³-hybridized carbons (Fsp3) is 0.100. The molecule has 0 saturated carbocycles. The first-order chi connectivity index (χ1) is 7.79. The minimum Gasteiger partial charge on any atom is -0.504 e. The molecular weight excluding hydrogens is 241 g/mol. The predicted octanol–water partition coefficient (Wildman–Crippen LogP) is 2.39. The van der Waals surface area contributed by atoms with Gasteiger partial charge in [0, 0.05) is 11.6 Å². The number of aromatic hydroxyl groups is 1. The van der Waals surface area contributed by atoms with Gasteiger partial charge in [0.25, 0.3) is 0 Å². The Hall–Kier alpha value is -2.18. The van der Waals surface area contributed by atoms with Crippen LogP contribution in [0.5, 0.6) is 11.5 Å². The smallest absolute Gasteiger partial charge is 0.504 e. The highest BCUT2D eigenvalue weighted by molar-refractivity contribution is 5.86. The topological polar surface area (TPSA) is 66.8 Å². The average molecular weight is 248 g/mol. The Morgan fingerprint density at radius 2 is 2.00 bits per heavy atom. The second-order valence-corrected chi connectivity index (χ2v) is 2.91. The average Bonchev–Trinajstić information content (AvgIpc) is 2.17. The van der Waals surface area contributed by atoms with Crippen molar-refractivity contribution < 1.29 is 32.9 Å². The van der Waals surface area contributed by atoms with E-state index in [0.29, 0.717) is 6.08 Å². The third-order valence-corrected chi connectivity index (χ3v) is 1.66. The number of carbonyl (C=O) groups is 1. The lowest BCUT2D eigenvalue weighted by molar-refractivity contribution is -0.275. The first kappa shape index (κ1) is 12.9. The Kier molecular flexibility index (Phi) is 3.62. The van der Waals surface area contributed by atoms with Crippen LogP contribution < -0.4 is 4.74 Å². The van der Waals surface area contributed by atoms with Gasteiger partial charge < -0.3 is 14.9 Å². The van der Waals surface area contributed by atoms with Gasteiger partial charge in [-0.25, -0.2) is 4.79 Å². The summed E-state index contributed by atoms with van der Waals surface area (Å²) >= 11 is 0. The molecule has 1 aromatic rings. The molecule has 0 aromatic heterocycles. The van der Waals surface area contributed by atoms with Gasteiger partial charge in [0.15, 0.2) is 11.5 Å². The summed E-state index contributed by atoms with van der Waals surface area (Å²) < 4.78 is 39.3. The second-order valence-electron chi connectivity index (χ2n) is 2.91. The minimum atomic E-state index is -4.92. The molecule has 17 heavy (non-hydrogen) atoms. The molecule has 1 aromatic carbocycles. The monoisotopic (exact) mass is 248 g/mol. The summed E-state index contributed by atoms with van der Waals surface area (Å²) in [6.07, 6.45) is -3.28.